The molecule has 0 saturated carbocycles. The number of nitrogens with one attached hydrogen (secondary N) is 2. The third-order valence-electron chi connectivity index (χ3n) is 8.12. The first kappa shape index (κ1) is 25.0. The highest BCUT2D eigenvalue weighted by Gasteiger charge is 2.48. The molecule has 1 aromatic heterocycles. The minimum absolute atomic E-state index is 0.140. The highest BCUT2D eigenvalue weighted by Crippen LogP contribution is 2.51. The number of benzene rings is 2. The number of H-pyrrole nitrogens is 1. The number of hydrogen-bond acceptors (Lipinski definition) is 4. The Kier molecular flexibility index (Phi) is 6.31. The number of carbonyl (C=O) groups excluding carboxylic acids is 2. The molecule has 5 rings (SSSR count). The molecule has 1 spiro atoms. The van der Waals surface area contributed by atoms with E-state index in [1.165, 1.54) is 0 Å². The molecule has 2 aliphatic rings. The molecule has 1 fully saturated rings. The van der Waals surface area contributed by atoms with Crippen molar-refractivity contribution in [3.05, 3.63) is 71.4 Å². The van der Waals surface area contributed by atoms with Gasteiger partial charge >= 0.3 is 5.97 Å². The Balaban J connectivity index is 1.36. The molecule has 2 heterocycles. The minimum Gasteiger partial charge on any atom is -0.481 e. The van der Waals surface area contributed by atoms with Crippen molar-refractivity contribution in [3.63, 3.8) is 0 Å². The first-order chi connectivity index (χ1) is 17.6. The summed E-state index contributed by atoms with van der Waals surface area (Å²) in [6, 6.07) is 14.9. The van der Waals surface area contributed by atoms with Gasteiger partial charge in [0.25, 0.3) is 0 Å². The number of para-hydroxylation sites is 1. The molecule has 5 N–H and O–H groups in total. The van der Waals surface area contributed by atoms with Crippen LogP contribution in [0.25, 0.3) is 10.9 Å². The smallest absolute Gasteiger partial charge is 0.311 e. The number of likely N-dealkylation sites (tertiary alicyclic amines) is 1. The van der Waals surface area contributed by atoms with Gasteiger partial charge in [-0.15, -0.1) is 0 Å². The largest absolute Gasteiger partial charge is 0.481 e. The van der Waals surface area contributed by atoms with E-state index < -0.39 is 23.5 Å². The number of piperidine rings is 1. The zero-order valence-electron chi connectivity index (χ0n) is 21.3. The standard InChI is InChI=1S/C29H34N4O4/c1-28(2,30)27(37)32-24(15-18-17-31-23-10-6-4-7-19(18)23)25(34)33-13-11-29(12-14-33)16-21(26(35)36)20-8-3-5-9-22(20)29/h3-10,17,21,24,31H,11-16,30H2,1-2H3,(H,32,37)(H,35,36). The number of carboxylic acids is 1. The van der Waals surface area contributed by atoms with Gasteiger partial charge in [-0.05, 0) is 55.9 Å². The number of amides is 2. The number of aromatic nitrogens is 1. The number of nitrogens with zero attached hydrogens (tertiary/aromatic N) is 1. The molecule has 8 nitrogen and oxygen atoms in total. The fourth-order valence-electron chi connectivity index (χ4n) is 6.03. The van der Waals surface area contributed by atoms with Crippen molar-refractivity contribution in [3.8, 4) is 0 Å². The fourth-order valence-corrected chi connectivity index (χ4v) is 6.03. The first-order valence-electron chi connectivity index (χ1n) is 12.8. The second-order valence-electron chi connectivity index (χ2n) is 11.1. The number of carbonyl (C=O) groups is 3. The van der Waals surface area contributed by atoms with Gasteiger partial charge in [-0.25, -0.2) is 0 Å². The molecule has 3 aromatic rings. The van der Waals surface area contributed by atoms with E-state index in [1.54, 1.807) is 13.8 Å². The lowest BCUT2D eigenvalue weighted by atomic mass is 9.73. The second kappa shape index (κ2) is 9.34. The number of nitrogens with two attached hydrogens (primary N) is 1. The maximum atomic E-state index is 13.8. The molecule has 1 aliphatic carbocycles. The molecular weight excluding hydrogens is 468 g/mol. The number of carboxylic acid groups (broad SMARTS) is 1. The van der Waals surface area contributed by atoms with Crippen LogP contribution in [0.4, 0.5) is 0 Å². The Labute approximate surface area is 216 Å². The van der Waals surface area contributed by atoms with E-state index in [0.717, 1.165) is 27.6 Å². The van der Waals surface area contributed by atoms with Crippen molar-refractivity contribution >= 4 is 28.7 Å². The molecule has 1 aliphatic heterocycles. The van der Waals surface area contributed by atoms with Crippen molar-refractivity contribution in [1.82, 2.24) is 15.2 Å². The molecule has 2 unspecified atom stereocenters. The Hall–Kier alpha value is -3.65. The van der Waals surface area contributed by atoms with Gasteiger partial charge in [-0.3, -0.25) is 14.4 Å². The minimum atomic E-state index is -1.12. The van der Waals surface area contributed by atoms with Crippen LogP contribution in [0.1, 0.15) is 55.7 Å². The fraction of sp³-hybridized carbons (Fsp3) is 0.414. The molecule has 2 aromatic carbocycles. The quantitative estimate of drug-likeness (QED) is 0.412. The Bertz CT molecular complexity index is 1350. The van der Waals surface area contributed by atoms with Gasteiger partial charge in [0.1, 0.15) is 6.04 Å². The van der Waals surface area contributed by atoms with Crippen molar-refractivity contribution < 1.29 is 19.5 Å². The summed E-state index contributed by atoms with van der Waals surface area (Å²) in [6.07, 6.45) is 4.17. The van der Waals surface area contributed by atoms with E-state index in [2.05, 4.69) is 10.3 Å². The first-order valence-corrected chi connectivity index (χ1v) is 12.8. The van der Waals surface area contributed by atoms with Crippen molar-refractivity contribution in [1.29, 1.82) is 0 Å². The maximum Gasteiger partial charge on any atom is 0.311 e. The lowest BCUT2D eigenvalue weighted by Crippen LogP contribution is -2.58. The molecule has 194 valence electrons. The summed E-state index contributed by atoms with van der Waals surface area (Å²) in [5.41, 5.74) is 8.59. The summed E-state index contributed by atoms with van der Waals surface area (Å²) in [5, 5.41) is 13.7. The summed E-state index contributed by atoms with van der Waals surface area (Å²) >= 11 is 0. The van der Waals surface area contributed by atoms with E-state index >= 15 is 0 Å². The predicted molar refractivity (Wildman–Crippen MR) is 141 cm³/mol. The molecular formula is C29H34N4O4. The molecule has 0 bridgehead atoms. The van der Waals surface area contributed by atoms with Crippen LogP contribution in [0, 0.1) is 0 Å². The monoisotopic (exact) mass is 502 g/mol. The third-order valence-corrected chi connectivity index (χ3v) is 8.12. The van der Waals surface area contributed by atoms with E-state index in [4.69, 9.17) is 5.73 Å². The molecule has 37 heavy (non-hydrogen) atoms. The van der Waals surface area contributed by atoms with Crippen LogP contribution in [0.3, 0.4) is 0 Å². The highest BCUT2D eigenvalue weighted by molar-refractivity contribution is 5.92. The second-order valence-corrected chi connectivity index (χ2v) is 11.1. The highest BCUT2D eigenvalue weighted by atomic mass is 16.4. The SMILES string of the molecule is CC(C)(N)C(=O)NC(Cc1c[nH]c2ccccc12)C(=O)N1CCC2(CC1)CC(C(=O)O)c1ccccc12. The Morgan fingerprint density at radius 3 is 2.51 bits per heavy atom. The van der Waals surface area contributed by atoms with E-state index in [9.17, 15) is 19.5 Å². The van der Waals surface area contributed by atoms with Gasteiger partial charge in [0.2, 0.25) is 11.8 Å². The van der Waals surface area contributed by atoms with Crippen LogP contribution in [-0.2, 0) is 26.2 Å². The summed E-state index contributed by atoms with van der Waals surface area (Å²) in [7, 11) is 0. The van der Waals surface area contributed by atoms with Gasteiger partial charge in [-0.1, -0.05) is 42.5 Å². The van der Waals surface area contributed by atoms with E-state index in [1.807, 2.05) is 59.6 Å². The number of hydrogen-bond donors (Lipinski definition) is 4. The number of aliphatic carboxylic acids is 1. The van der Waals surface area contributed by atoms with Crippen LogP contribution in [0.2, 0.25) is 0 Å². The molecule has 0 radical (unpaired) electrons. The maximum absolute atomic E-state index is 13.8. The van der Waals surface area contributed by atoms with Crippen LogP contribution >= 0.6 is 0 Å². The van der Waals surface area contributed by atoms with Gasteiger partial charge in [-0.2, -0.15) is 0 Å². The third kappa shape index (κ3) is 4.62. The summed E-state index contributed by atoms with van der Waals surface area (Å²) in [5.74, 6) is -1.83. The lowest BCUT2D eigenvalue weighted by molar-refractivity contribution is -0.140. The van der Waals surface area contributed by atoms with Crippen LogP contribution in [-0.4, -0.2) is 57.4 Å². The number of aromatic amines is 1. The van der Waals surface area contributed by atoms with Gasteiger partial charge in [0, 0.05) is 42.0 Å². The number of rotatable bonds is 6. The van der Waals surface area contributed by atoms with E-state index in [0.29, 0.717) is 38.8 Å². The Morgan fingerprint density at radius 2 is 1.81 bits per heavy atom. The summed E-state index contributed by atoms with van der Waals surface area (Å²) in [6.45, 7) is 4.25. The normalized spacial score (nSPS) is 19.5. The summed E-state index contributed by atoms with van der Waals surface area (Å²) < 4.78 is 0. The van der Waals surface area contributed by atoms with E-state index in [-0.39, 0.29) is 17.2 Å². The summed E-state index contributed by atoms with van der Waals surface area (Å²) in [4.78, 5) is 43.7. The average Bonchev–Trinajstić information content (AvgIpc) is 3.43. The zero-order valence-corrected chi connectivity index (χ0v) is 21.3. The van der Waals surface area contributed by atoms with Crippen molar-refractivity contribution in [2.24, 2.45) is 5.73 Å². The number of fused-ring (bicyclic) bond motifs is 3. The van der Waals surface area contributed by atoms with Crippen molar-refractivity contribution in [2.75, 3.05) is 13.1 Å². The Morgan fingerprint density at radius 1 is 1.14 bits per heavy atom. The molecule has 8 heteroatoms. The van der Waals surface area contributed by atoms with Gasteiger partial charge in [0.15, 0.2) is 0 Å². The molecule has 1 saturated heterocycles. The topological polar surface area (TPSA) is 129 Å². The lowest BCUT2D eigenvalue weighted by Gasteiger charge is -2.41. The average molecular weight is 503 g/mol. The zero-order chi connectivity index (χ0) is 26.4. The van der Waals surface area contributed by atoms with Gasteiger partial charge < -0.3 is 26.0 Å². The molecule has 2 amide bonds. The predicted octanol–water partition coefficient (Wildman–Crippen LogP) is 3.06. The van der Waals surface area contributed by atoms with Gasteiger partial charge in [0.05, 0.1) is 11.5 Å². The van der Waals surface area contributed by atoms with Crippen molar-refractivity contribution in [2.45, 2.75) is 62.4 Å². The van der Waals surface area contributed by atoms with Crippen LogP contribution < -0.4 is 11.1 Å². The molecule has 2 atom stereocenters. The van der Waals surface area contributed by atoms with Crippen LogP contribution in [0.5, 0.6) is 0 Å². The van der Waals surface area contributed by atoms with Crippen LogP contribution in [0.15, 0.2) is 54.7 Å².